The Bertz CT molecular complexity index is 999. The number of methoxy groups -OCH3 is 1. The third kappa shape index (κ3) is 3.40. The third-order valence-electron chi connectivity index (χ3n) is 5.16. The van der Waals surface area contributed by atoms with E-state index in [2.05, 4.69) is 9.55 Å². The van der Waals surface area contributed by atoms with Crippen molar-refractivity contribution in [1.29, 1.82) is 0 Å². The Morgan fingerprint density at radius 3 is 2.82 bits per heavy atom. The summed E-state index contributed by atoms with van der Waals surface area (Å²) in [6.07, 6.45) is 2.01. The van der Waals surface area contributed by atoms with E-state index >= 15 is 0 Å². The minimum Gasteiger partial charge on any atom is -0.496 e. The van der Waals surface area contributed by atoms with Gasteiger partial charge in [0.2, 0.25) is 0 Å². The van der Waals surface area contributed by atoms with Crippen LogP contribution >= 0.6 is 0 Å². The molecule has 0 bridgehead atoms. The number of imidazole rings is 1. The average Bonchev–Trinajstić information content (AvgIpc) is 2.91. The second-order valence-electron chi connectivity index (χ2n) is 7.11. The quantitative estimate of drug-likeness (QED) is 0.681. The molecule has 1 aliphatic heterocycles. The molecule has 0 spiro atoms. The maximum atomic E-state index is 13.5. The zero-order chi connectivity index (χ0) is 19.7. The molecule has 2 aromatic heterocycles. The molecule has 0 radical (unpaired) electrons. The molecule has 3 heterocycles. The highest BCUT2D eigenvalue weighted by molar-refractivity contribution is 5.69. The van der Waals surface area contributed by atoms with E-state index in [1.54, 1.807) is 13.3 Å². The molecule has 0 N–H and O–H groups in total. The Kier molecular flexibility index (Phi) is 5.13. The fourth-order valence-corrected chi connectivity index (χ4v) is 3.71. The standard InChI is InChI=1S/C22H24FN3O2/c1-14-4-5-17(11-20(14)27-3)22-25-21(16-6-8-24-15(2)10-16)19-7-9-28-18(12-23)13-26(19)22/h4-6,8,10-11,18H,7,9,12-13H2,1-3H3/t18-/m1/s1. The predicted molar refractivity (Wildman–Crippen MR) is 106 cm³/mol. The van der Waals surface area contributed by atoms with Crippen molar-refractivity contribution in [3.8, 4) is 28.4 Å². The highest BCUT2D eigenvalue weighted by Crippen LogP contribution is 2.33. The second kappa shape index (κ2) is 7.72. The zero-order valence-corrected chi connectivity index (χ0v) is 16.4. The van der Waals surface area contributed by atoms with Crippen LogP contribution in [-0.4, -0.2) is 41.0 Å². The number of benzene rings is 1. The van der Waals surface area contributed by atoms with E-state index in [0.717, 1.165) is 45.3 Å². The van der Waals surface area contributed by atoms with Gasteiger partial charge in [0, 0.05) is 35.1 Å². The SMILES string of the molecule is COc1cc(-c2nc(-c3ccnc(C)c3)c3n2C[C@@H](CF)OCC3)ccc1C. The molecule has 1 aromatic carbocycles. The van der Waals surface area contributed by atoms with Crippen molar-refractivity contribution < 1.29 is 13.9 Å². The van der Waals surface area contributed by atoms with Crippen molar-refractivity contribution in [3.63, 3.8) is 0 Å². The van der Waals surface area contributed by atoms with Gasteiger partial charge in [-0.25, -0.2) is 9.37 Å². The van der Waals surface area contributed by atoms with Crippen LogP contribution in [0.5, 0.6) is 5.75 Å². The highest BCUT2D eigenvalue weighted by atomic mass is 19.1. The first-order chi connectivity index (χ1) is 13.6. The van der Waals surface area contributed by atoms with Crippen molar-refractivity contribution in [2.75, 3.05) is 20.4 Å². The maximum Gasteiger partial charge on any atom is 0.141 e. The summed E-state index contributed by atoms with van der Waals surface area (Å²) < 4.78 is 26.8. The number of ether oxygens (including phenoxy) is 2. The summed E-state index contributed by atoms with van der Waals surface area (Å²) in [5.41, 5.74) is 5.92. The Labute approximate surface area is 164 Å². The van der Waals surface area contributed by atoms with Gasteiger partial charge in [0.15, 0.2) is 0 Å². The van der Waals surface area contributed by atoms with Crippen LogP contribution in [0.25, 0.3) is 22.6 Å². The predicted octanol–water partition coefficient (Wildman–Crippen LogP) is 4.15. The molecule has 0 fully saturated rings. The first-order valence-electron chi connectivity index (χ1n) is 9.45. The molecular formula is C22H24FN3O2. The first-order valence-corrected chi connectivity index (χ1v) is 9.45. The van der Waals surface area contributed by atoms with Crippen LogP contribution in [0.15, 0.2) is 36.5 Å². The van der Waals surface area contributed by atoms with E-state index < -0.39 is 12.8 Å². The molecule has 5 nitrogen and oxygen atoms in total. The number of nitrogens with zero attached hydrogens (tertiary/aromatic N) is 3. The van der Waals surface area contributed by atoms with Gasteiger partial charge in [-0.2, -0.15) is 0 Å². The van der Waals surface area contributed by atoms with Gasteiger partial charge in [0.05, 0.1) is 26.0 Å². The largest absolute Gasteiger partial charge is 0.496 e. The summed E-state index contributed by atoms with van der Waals surface area (Å²) in [6, 6.07) is 10.0. The molecule has 0 aliphatic carbocycles. The van der Waals surface area contributed by atoms with E-state index in [1.807, 2.05) is 44.2 Å². The Balaban J connectivity index is 1.91. The highest BCUT2D eigenvalue weighted by Gasteiger charge is 2.25. The number of rotatable bonds is 4. The van der Waals surface area contributed by atoms with E-state index in [0.29, 0.717) is 19.6 Å². The molecular weight excluding hydrogens is 357 g/mol. The second-order valence-corrected chi connectivity index (χ2v) is 7.11. The van der Waals surface area contributed by atoms with E-state index in [-0.39, 0.29) is 0 Å². The number of hydrogen-bond acceptors (Lipinski definition) is 4. The Morgan fingerprint density at radius 1 is 1.21 bits per heavy atom. The number of alkyl halides is 1. The molecule has 1 aliphatic rings. The number of hydrogen-bond donors (Lipinski definition) is 0. The number of aryl methyl sites for hydroxylation is 2. The third-order valence-corrected chi connectivity index (χ3v) is 5.16. The van der Waals surface area contributed by atoms with Gasteiger partial charge in [0.1, 0.15) is 24.4 Å². The minimum atomic E-state index is -0.516. The summed E-state index contributed by atoms with van der Waals surface area (Å²) in [5.74, 6) is 1.62. The molecule has 0 saturated heterocycles. The van der Waals surface area contributed by atoms with Gasteiger partial charge in [-0.15, -0.1) is 0 Å². The van der Waals surface area contributed by atoms with Crippen LogP contribution in [0, 0.1) is 13.8 Å². The van der Waals surface area contributed by atoms with E-state index in [9.17, 15) is 4.39 Å². The van der Waals surface area contributed by atoms with E-state index in [4.69, 9.17) is 14.5 Å². The lowest BCUT2D eigenvalue weighted by Gasteiger charge is -2.14. The molecule has 28 heavy (non-hydrogen) atoms. The van der Waals surface area contributed by atoms with Gasteiger partial charge in [-0.1, -0.05) is 12.1 Å². The Hall–Kier alpha value is -2.73. The van der Waals surface area contributed by atoms with Gasteiger partial charge in [-0.05, 0) is 37.6 Å². The summed E-state index contributed by atoms with van der Waals surface area (Å²) in [5, 5.41) is 0. The molecule has 0 amide bonds. The van der Waals surface area contributed by atoms with Crippen molar-refractivity contribution in [1.82, 2.24) is 14.5 Å². The molecule has 3 aromatic rings. The minimum absolute atomic E-state index is 0.439. The summed E-state index contributed by atoms with van der Waals surface area (Å²) in [7, 11) is 1.66. The van der Waals surface area contributed by atoms with Crippen LogP contribution < -0.4 is 4.74 Å². The Morgan fingerprint density at radius 2 is 2.07 bits per heavy atom. The lowest BCUT2D eigenvalue weighted by molar-refractivity contribution is 0.0355. The van der Waals surface area contributed by atoms with Crippen molar-refractivity contribution in [3.05, 3.63) is 53.5 Å². The van der Waals surface area contributed by atoms with Crippen LogP contribution in [0.2, 0.25) is 0 Å². The summed E-state index contributed by atoms with van der Waals surface area (Å²) in [6.45, 7) is 4.37. The molecule has 0 unspecified atom stereocenters. The normalized spacial score (nSPS) is 16.5. The van der Waals surface area contributed by atoms with Crippen molar-refractivity contribution >= 4 is 0 Å². The number of halogens is 1. The monoisotopic (exact) mass is 381 g/mol. The van der Waals surface area contributed by atoms with Gasteiger partial charge < -0.3 is 14.0 Å². The van der Waals surface area contributed by atoms with Crippen LogP contribution in [0.3, 0.4) is 0 Å². The molecule has 1 atom stereocenters. The fourth-order valence-electron chi connectivity index (χ4n) is 3.71. The van der Waals surface area contributed by atoms with Crippen LogP contribution in [-0.2, 0) is 17.7 Å². The van der Waals surface area contributed by atoms with Gasteiger partial charge in [0.25, 0.3) is 0 Å². The zero-order valence-electron chi connectivity index (χ0n) is 16.4. The van der Waals surface area contributed by atoms with Crippen LogP contribution in [0.1, 0.15) is 17.0 Å². The van der Waals surface area contributed by atoms with Crippen LogP contribution in [0.4, 0.5) is 4.39 Å². The topological polar surface area (TPSA) is 49.2 Å². The van der Waals surface area contributed by atoms with E-state index in [1.165, 1.54) is 0 Å². The first kappa shape index (κ1) is 18.6. The lowest BCUT2D eigenvalue weighted by atomic mass is 10.1. The lowest BCUT2D eigenvalue weighted by Crippen LogP contribution is -2.21. The molecule has 146 valence electrons. The van der Waals surface area contributed by atoms with Gasteiger partial charge >= 0.3 is 0 Å². The molecule has 4 rings (SSSR count). The molecule has 0 saturated carbocycles. The number of aromatic nitrogens is 3. The maximum absolute atomic E-state index is 13.5. The summed E-state index contributed by atoms with van der Waals surface area (Å²) in [4.78, 5) is 9.28. The van der Waals surface area contributed by atoms with Crippen molar-refractivity contribution in [2.45, 2.75) is 32.9 Å². The number of fused-ring (bicyclic) bond motifs is 1. The van der Waals surface area contributed by atoms with Gasteiger partial charge in [-0.3, -0.25) is 4.98 Å². The average molecular weight is 381 g/mol. The van der Waals surface area contributed by atoms with Crippen molar-refractivity contribution in [2.24, 2.45) is 0 Å². The number of pyridine rings is 1. The molecule has 6 heteroatoms. The fraction of sp³-hybridized carbons (Fsp3) is 0.364. The summed E-state index contributed by atoms with van der Waals surface area (Å²) >= 11 is 0. The smallest absolute Gasteiger partial charge is 0.141 e.